The number of fused-ring (bicyclic) bond motifs is 12. The Morgan fingerprint density at radius 3 is 1.07 bits per heavy atom. The molecule has 67 heavy (non-hydrogen) atoms. The first-order valence-electron chi connectivity index (χ1n) is 22.6. The van der Waals surface area contributed by atoms with Crippen LogP contribution in [0.15, 0.2) is 212 Å². The van der Waals surface area contributed by atoms with Crippen molar-refractivity contribution in [2.75, 3.05) is 0 Å². The van der Waals surface area contributed by atoms with Gasteiger partial charge in [0, 0.05) is 66.1 Å². The molecule has 14 aromatic rings. The molecule has 10 aromatic carbocycles. The standard InChI is InChI=1S/C61H38F2N4/c1-37-52(66-57-24-12-6-18-48(57)50-35-41(26-29-59(50)66)64-53-20-8-2-14-44(53)45-15-3-9-21-54(45)64)31-28-43(38-32-39(62)34-40(63)33-38)61(37)67-58-25-13-7-19-49(58)51-36-42(27-30-60(51)67)65-55-22-10-4-16-46(55)47-17-5-11-23-56(47)65/h2-36H,1H3. The molecule has 0 unspecified atom stereocenters. The highest BCUT2D eigenvalue weighted by atomic mass is 19.1. The Morgan fingerprint density at radius 1 is 0.299 bits per heavy atom. The van der Waals surface area contributed by atoms with Gasteiger partial charge in [-0.25, -0.2) is 8.78 Å². The molecule has 4 nitrogen and oxygen atoms in total. The molecule has 0 atom stereocenters. The lowest BCUT2D eigenvalue weighted by Crippen LogP contribution is -2.06. The molecular weight excluding hydrogens is 827 g/mol. The van der Waals surface area contributed by atoms with Gasteiger partial charge in [0.1, 0.15) is 11.6 Å². The first-order valence-corrected chi connectivity index (χ1v) is 22.6. The van der Waals surface area contributed by atoms with Gasteiger partial charge in [-0.2, -0.15) is 0 Å². The number of rotatable bonds is 5. The minimum absolute atomic E-state index is 0.466. The largest absolute Gasteiger partial charge is 0.309 e. The number of hydrogen-bond donors (Lipinski definition) is 0. The number of nitrogens with zero attached hydrogens (tertiary/aromatic N) is 4. The molecule has 0 aliphatic rings. The van der Waals surface area contributed by atoms with Crippen LogP contribution in [0, 0.1) is 18.6 Å². The second-order valence-electron chi connectivity index (χ2n) is 17.6. The molecule has 6 heteroatoms. The van der Waals surface area contributed by atoms with Crippen molar-refractivity contribution in [1.82, 2.24) is 18.3 Å². The Morgan fingerprint density at radius 2 is 0.642 bits per heavy atom. The highest BCUT2D eigenvalue weighted by Gasteiger charge is 2.24. The summed E-state index contributed by atoms with van der Waals surface area (Å²) in [5.74, 6) is -1.25. The van der Waals surface area contributed by atoms with Gasteiger partial charge in [-0.1, -0.05) is 115 Å². The molecule has 0 fully saturated rings. The number of para-hydroxylation sites is 6. The van der Waals surface area contributed by atoms with Crippen molar-refractivity contribution in [2.24, 2.45) is 0 Å². The molecule has 4 aromatic heterocycles. The highest BCUT2D eigenvalue weighted by molar-refractivity contribution is 6.14. The van der Waals surface area contributed by atoms with Crippen LogP contribution in [0.4, 0.5) is 8.78 Å². The van der Waals surface area contributed by atoms with Gasteiger partial charge in [0.2, 0.25) is 0 Å². The van der Waals surface area contributed by atoms with E-state index >= 15 is 8.78 Å². The number of aromatic nitrogens is 4. The summed E-state index contributed by atoms with van der Waals surface area (Å²) >= 11 is 0. The van der Waals surface area contributed by atoms with Crippen LogP contribution in [0.3, 0.4) is 0 Å². The minimum Gasteiger partial charge on any atom is -0.309 e. The Hall–Kier alpha value is -8.74. The van der Waals surface area contributed by atoms with Crippen LogP contribution in [-0.4, -0.2) is 18.3 Å². The molecule has 0 N–H and O–H groups in total. The fourth-order valence-electron chi connectivity index (χ4n) is 11.3. The molecule has 0 bridgehead atoms. The monoisotopic (exact) mass is 864 g/mol. The van der Waals surface area contributed by atoms with Crippen LogP contribution in [0.2, 0.25) is 0 Å². The van der Waals surface area contributed by atoms with Gasteiger partial charge in [0.15, 0.2) is 0 Å². The minimum atomic E-state index is -0.623. The number of halogens is 2. The second-order valence-corrected chi connectivity index (χ2v) is 17.6. The maximum Gasteiger partial charge on any atom is 0.126 e. The van der Waals surface area contributed by atoms with Gasteiger partial charge >= 0.3 is 0 Å². The van der Waals surface area contributed by atoms with E-state index in [1.54, 1.807) is 0 Å². The predicted molar refractivity (Wildman–Crippen MR) is 274 cm³/mol. The molecule has 0 saturated carbocycles. The topological polar surface area (TPSA) is 19.7 Å². The molecular formula is C61H38F2N4. The maximum absolute atomic E-state index is 15.3. The summed E-state index contributed by atoms with van der Waals surface area (Å²) in [4.78, 5) is 0. The summed E-state index contributed by atoms with van der Waals surface area (Å²) in [5, 5.41) is 9.25. The Labute approximate surface area is 383 Å². The van der Waals surface area contributed by atoms with E-state index in [1.165, 1.54) is 33.7 Å². The zero-order valence-corrected chi connectivity index (χ0v) is 36.3. The Bertz CT molecular complexity index is 4260. The fourth-order valence-corrected chi connectivity index (χ4v) is 11.3. The van der Waals surface area contributed by atoms with Gasteiger partial charge in [-0.3, -0.25) is 0 Å². The summed E-state index contributed by atoms with van der Waals surface area (Å²) in [6.45, 7) is 2.14. The molecule has 0 aliphatic heterocycles. The van der Waals surface area contributed by atoms with E-state index in [4.69, 9.17) is 0 Å². The van der Waals surface area contributed by atoms with Gasteiger partial charge < -0.3 is 18.3 Å². The van der Waals surface area contributed by atoms with E-state index in [0.29, 0.717) is 5.56 Å². The van der Waals surface area contributed by atoms with Gasteiger partial charge in [-0.05, 0) is 109 Å². The van der Waals surface area contributed by atoms with Crippen molar-refractivity contribution >= 4 is 87.2 Å². The van der Waals surface area contributed by atoms with Crippen molar-refractivity contribution < 1.29 is 8.78 Å². The van der Waals surface area contributed by atoms with E-state index < -0.39 is 11.6 Å². The van der Waals surface area contributed by atoms with Gasteiger partial charge in [0.25, 0.3) is 0 Å². The normalized spacial score (nSPS) is 12.1. The van der Waals surface area contributed by atoms with Crippen molar-refractivity contribution in [2.45, 2.75) is 6.92 Å². The maximum atomic E-state index is 15.3. The van der Waals surface area contributed by atoms with Crippen molar-refractivity contribution in [3.05, 3.63) is 230 Å². The van der Waals surface area contributed by atoms with Crippen molar-refractivity contribution in [3.63, 3.8) is 0 Å². The molecule has 0 amide bonds. The molecule has 0 radical (unpaired) electrons. The van der Waals surface area contributed by atoms with Crippen LogP contribution < -0.4 is 0 Å². The average molecular weight is 865 g/mol. The smallest absolute Gasteiger partial charge is 0.126 e. The molecule has 4 heterocycles. The van der Waals surface area contributed by atoms with Crippen molar-refractivity contribution in [3.8, 4) is 33.9 Å². The summed E-state index contributed by atoms with van der Waals surface area (Å²) in [7, 11) is 0. The predicted octanol–water partition coefficient (Wildman–Crippen LogP) is 16.3. The molecule has 14 rings (SSSR count). The van der Waals surface area contributed by atoms with Gasteiger partial charge in [-0.15, -0.1) is 0 Å². The lowest BCUT2D eigenvalue weighted by Gasteiger charge is -2.21. The average Bonchev–Trinajstić information content (AvgIpc) is 4.08. The summed E-state index contributed by atoms with van der Waals surface area (Å²) < 4.78 is 40.0. The third-order valence-electron chi connectivity index (χ3n) is 14.0. The summed E-state index contributed by atoms with van der Waals surface area (Å²) in [5.41, 5.74) is 14.8. The fraction of sp³-hybridized carbons (Fsp3) is 0.0164. The van der Waals surface area contributed by atoms with Crippen LogP contribution in [0.1, 0.15) is 5.56 Å². The molecule has 0 saturated heterocycles. The summed E-state index contributed by atoms with van der Waals surface area (Å²) in [6, 6.07) is 72.8. The van der Waals surface area contributed by atoms with Crippen LogP contribution in [0.25, 0.3) is 121 Å². The second kappa shape index (κ2) is 14.1. The molecule has 0 aliphatic carbocycles. The lowest BCUT2D eigenvalue weighted by atomic mass is 9.98. The zero-order chi connectivity index (χ0) is 44.5. The molecule has 316 valence electrons. The first kappa shape index (κ1) is 37.6. The lowest BCUT2D eigenvalue weighted by molar-refractivity contribution is 0.584. The summed E-state index contributed by atoms with van der Waals surface area (Å²) in [6.07, 6.45) is 0. The van der Waals surface area contributed by atoms with E-state index in [2.05, 4.69) is 213 Å². The number of hydrogen-bond acceptors (Lipinski definition) is 0. The van der Waals surface area contributed by atoms with E-state index in [9.17, 15) is 0 Å². The van der Waals surface area contributed by atoms with Crippen LogP contribution >= 0.6 is 0 Å². The Kier molecular flexibility index (Phi) is 7.93. The third-order valence-corrected chi connectivity index (χ3v) is 14.0. The number of benzene rings is 10. The van der Waals surface area contributed by atoms with E-state index in [0.717, 1.165) is 106 Å². The third kappa shape index (κ3) is 5.38. The van der Waals surface area contributed by atoms with Crippen LogP contribution in [-0.2, 0) is 0 Å². The SMILES string of the molecule is Cc1c(-n2c3ccccc3c3cc(-n4c5ccccc5c5ccccc54)ccc32)ccc(-c2cc(F)cc(F)c2)c1-n1c2ccccc2c2cc(-n3c4ccccc4c4ccccc43)ccc21. The quantitative estimate of drug-likeness (QED) is 0.164. The van der Waals surface area contributed by atoms with Crippen molar-refractivity contribution in [1.29, 1.82) is 0 Å². The van der Waals surface area contributed by atoms with E-state index in [-0.39, 0.29) is 0 Å². The Balaban J connectivity index is 1.04. The van der Waals surface area contributed by atoms with E-state index in [1.807, 2.05) is 6.07 Å². The van der Waals surface area contributed by atoms with Gasteiger partial charge in [0.05, 0.1) is 55.5 Å². The highest BCUT2D eigenvalue weighted by Crippen LogP contribution is 2.44. The zero-order valence-electron chi connectivity index (χ0n) is 36.3. The first-order chi connectivity index (χ1) is 33.0. The van der Waals surface area contributed by atoms with Crippen LogP contribution in [0.5, 0.6) is 0 Å². The molecule has 0 spiro atoms.